The third-order valence-electron chi connectivity index (χ3n) is 3.34. The lowest BCUT2D eigenvalue weighted by Crippen LogP contribution is -2.38. The average molecular weight is 383 g/mol. The summed E-state index contributed by atoms with van der Waals surface area (Å²) in [6.07, 6.45) is 5.88. The van der Waals surface area contributed by atoms with Gasteiger partial charge in [-0.25, -0.2) is 0 Å². The highest BCUT2D eigenvalue weighted by Gasteiger charge is 2.21. The van der Waals surface area contributed by atoms with Crippen molar-refractivity contribution in [2.45, 2.75) is 46.0 Å². The zero-order valence-corrected chi connectivity index (χ0v) is 14.7. The molecule has 0 aromatic rings. The largest absolute Gasteiger partial charge is 0.396 e. The van der Waals surface area contributed by atoms with E-state index in [9.17, 15) is 0 Å². The molecule has 1 unspecified atom stereocenters. The molecule has 5 heteroatoms. The van der Waals surface area contributed by atoms with Crippen molar-refractivity contribution in [2.75, 3.05) is 26.2 Å². The number of hydrogen-bond acceptors (Lipinski definition) is 2. The molecule has 114 valence electrons. The highest BCUT2D eigenvalue weighted by molar-refractivity contribution is 14.0. The van der Waals surface area contributed by atoms with Crippen LogP contribution in [0.2, 0.25) is 0 Å². The fourth-order valence-electron chi connectivity index (χ4n) is 2.04. The molecule has 1 fully saturated rings. The molecule has 1 atom stereocenters. The number of guanidine groups is 1. The highest BCUT2D eigenvalue weighted by Crippen LogP contribution is 2.27. The van der Waals surface area contributed by atoms with E-state index in [1.165, 1.54) is 12.8 Å². The quantitative estimate of drug-likeness (QED) is 0.326. The molecule has 1 aliphatic rings. The molecule has 0 aromatic heterocycles. The van der Waals surface area contributed by atoms with Crippen molar-refractivity contribution in [3.05, 3.63) is 0 Å². The van der Waals surface area contributed by atoms with Crippen LogP contribution in [0.5, 0.6) is 0 Å². The van der Waals surface area contributed by atoms with Gasteiger partial charge in [0.2, 0.25) is 0 Å². The first kappa shape index (κ1) is 19.0. The van der Waals surface area contributed by atoms with E-state index in [0.717, 1.165) is 50.8 Å². The normalized spacial score (nSPS) is 16.7. The van der Waals surface area contributed by atoms with Crippen LogP contribution in [0.15, 0.2) is 4.99 Å². The molecule has 0 radical (unpaired) electrons. The lowest BCUT2D eigenvalue weighted by molar-refractivity contribution is 0.253. The summed E-state index contributed by atoms with van der Waals surface area (Å²) in [7, 11) is 0. The van der Waals surface area contributed by atoms with Crippen LogP contribution in [0.1, 0.15) is 46.0 Å². The third-order valence-corrected chi connectivity index (χ3v) is 3.34. The number of hydrogen-bond donors (Lipinski definition) is 3. The number of nitrogens with one attached hydrogen (secondary N) is 2. The van der Waals surface area contributed by atoms with E-state index in [0.29, 0.717) is 5.92 Å². The van der Waals surface area contributed by atoms with Gasteiger partial charge in [0.25, 0.3) is 0 Å². The van der Waals surface area contributed by atoms with E-state index in [-0.39, 0.29) is 30.6 Å². The van der Waals surface area contributed by atoms with E-state index >= 15 is 0 Å². The topological polar surface area (TPSA) is 56.7 Å². The monoisotopic (exact) mass is 383 g/mol. The van der Waals surface area contributed by atoms with E-state index in [1.54, 1.807) is 0 Å². The Balaban J connectivity index is 0.00000324. The van der Waals surface area contributed by atoms with Crippen LogP contribution < -0.4 is 10.6 Å². The van der Waals surface area contributed by atoms with Crippen LogP contribution in [-0.4, -0.2) is 37.3 Å². The molecule has 19 heavy (non-hydrogen) atoms. The van der Waals surface area contributed by atoms with Gasteiger partial charge in [0.1, 0.15) is 0 Å². The van der Waals surface area contributed by atoms with E-state index < -0.39 is 0 Å². The van der Waals surface area contributed by atoms with Gasteiger partial charge in [0.15, 0.2) is 5.96 Å². The second-order valence-corrected chi connectivity index (χ2v) is 5.21. The second-order valence-electron chi connectivity index (χ2n) is 5.21. The lowest BCUT2D eigenvalue weighted by atomic mass is 10.0. The molecule has 1 rings (SSSR count). The van der Waals surface area contributed by atoms with Gasteiger partial charge in [0.05, 0.1) is 0 Å². The molecule has 0 spiro atoms. The first-order valence-electron chi connectivity index (χ1n) is 7.43. The minimum absolute atomic E-state index is 0. The summed E-state index contributed by atoms with van der Waals surface area (Å²) in [6, 6.07) is 0. The minimum Gasteiger partial charge on any atom is -0.396 e. The van der Waals surface area contributed by atoms with Crippen LogP contribution in [-0.2, 0) is 0 Å². The number of aliphatic hydroxyl groups excluding tert-OH is 1. The standard InChI is InChI=1S/C14H29N3O.HI/c1-3-5-12(8-9-18)10-16-14(15-4-2)17-11-13-6-7-13;/h12-13,18H,3-11H2,1-2H3,(H2,15,16,17);1H. The van der Waals surface area contributed by atoms with Crippen molar-refractivity contribution in [2.24, 2.45) is 16.8 Å². The van der Waals surface area contributed by atoms with Gasteiger partial charge >= 0.3 is 0 Å². The number of rotatable bonds is 9. The van der Waals surface area contributed by atoms with Crippen LogP contribution in [0.4, 0.5) is 0 Å². The number of aliphatic imine (C=N–C) groups is 1. The molecule has 0 heterocycles. The molecule has 1 saturated carbocycles. The van der Waals surface area contributed by atoms with E-state index in [2.05, 4.69) is 29.5 Å². The van der Waals surface area contributed by atoms with E-state index in [1.807, 2.05) is 0 Å². The smallest absolute Gasteiger partial charge is 0.191 e. The Morgan fingerprint density at radius 3 is 2.53 bits per heavy atom. The van der Waals surface area contributed by atoms with Gasteiger partial charge in [-0.2, -0.15) is 0 Å². The maximum Gasteiger partial charge on any atom is 0.191 e. The molecule has 0 bridgehead atoms. The van der Waals surface area contributed by atoms with E-state index in [4.69, 9.17) is 5.11 Å². The van der Waals surface area contributed by atoms with Crippen LogP contribution in [0.25, 0.3) is 0 Å². The van der Waals surface area contributed by atoms with Crippen LogP contribution >= 0.6 is 24.0 Å². The zero-order valence-electron chi connectivity index (χ0n) is 12.3. The molecule has 1 aliphatic carbocycles. The highest BCUT2D eigenvalue weighted by atomic mass is 127. The molecule has 3 N–H and O–H groups in total. The summed E-state index contributed by atoms with van der Waals surface area (Å²) in [6.45, 7) is 7.30. The maximum atomic E-state index is 9.04. The Hall–Kier alpha value is -0.0400. The van der Waals surface area contributed by atoms with Gasteiger partial charge in [-0.15, -0.1) is 24.0 Å². The van der Waals surface area contributed by atoms with Gasteiger partial charge in [-0.3, -0.25) is 4.99 Å². The van der Waals surface area contributed by atoms with Crippen molar-refractivity contribution in [3.63, 3.8) is 0 Å². The fraction of sp³-hybridized carbons (Fsp3) is 0.929. The predicted octanol–water partition coefficient (Wildman–Crippen LogP) is 2.37. The number of aliphatic hydroxyl groups is 1. The zero-order chi connectivity index (χ0) is 13.2. The first-order valence-corrected chi connectivity index (χ1v) is 7.43. The molecule has 0 amide bonds. The Morgan fingerprint density at radius 1 is 1.26 bits per heavy atom. The van der Waals surface area contributed by atoms with Gasteiger partial charge in [0, 0.05) is 26.2 Å². The third kappa shape index (κ3) is 9.49. The average Bonchev–Trinajstić information content (AvgIpc) is 3.17. The lowest BCUT2D eigenvalue weighted by Gasteiger charge is -2.15. The summed E-state index contributed by atoms with van der Waals surface area (Å²) in [5.74, 6) is 2.30. The number of halogens is 1. The minimum atomic E-state index is 0. The van der Waals surface area contributed by atoms with Crippen LogP contribution in [0, 0.1) is 11.8 Å². The molecular formula is C14H30IN3O. The molecule has 0 saturated heterocycles. The first-order chi connectivity index (χ1) is 8.80. The molecule has 0 aliphatic heterocycles. The Kier molecular flexibility index (Phi) is 11.7. The summed E-state index contributed by atoms with van der Waals surface area (Å²) in [5, 5.41) is 15.7. The van der Waals surface area contributed by atoms with Crippen molar-refractivity contribution >= 4 is 29.9 Å². The van der Waals surface area contributed by atoms with Gasteiger partial charge in [-0.05, 0) is 44.4 Å². The summed E-state index contributed by atoms with van der Waals surface area (Å²) < 4.78 is 0. The Bertz CT molecular complexity index is 239. The molecule has 4 nitrogen and oxygen atoms in total. The van der Waals surface area contributed by atoms with Crippen molar-refractivity contribution in [3.8, 4) is 0 Å². The Labute approximate surface area is 134 Å². The Morgan fingerprint density at radius 2 is 2.00 bits per heavy atom. The summed E-state index contributed by atoms with van der Waals surface area (Å²) in [4.78, 5) is 4.63. The predicted molar refractivity (Wildman–Crippen MR) is 92.2 cm³/mol. The SMILES string of the molecule is CCCC(CCO)CN=C(NCC)NCC1CC1.I. The second kappa shape index (κ2) is 11.8. The van der Waals surface area contributed by atoms with Gasteiger partial charge < -0.3 is 15.7 Å². The van der Waals surface area contributed by atoms with Crippen molar-refractivity contribution in [1.29, 1.82) is 0 Å². The summed E-state index contributed by atoms with van der Waals surface area (Å²) >= 11 is 0. The fourth-order valence-corrected chi connectivity index (χ4v) is 2.04. The summed E-state index contributed by atoms with van der Waals surface area (Å²) in [5.41, 5.74) is 0. The van der Waals surface area contributed by atoms with Crippen molar-refractivity contribution < 1.29 is 5.11 Å². The van der Waals surface area contributed by atoms with Crippen LogP contribution in [0.3, 0.4) is 0 Å². The number of nitrogens with zero attached hydrogens (tertiary/aromatic N) is 1. The maximum absolute atomic E-state index is 9.04. The van der Waals surface area contributed by atoms with Gasteiger partial charge in [-0.1, -0.05) is 13.3 Å². The molecular weight excluding hydrogens is 353 g/mol. The molecule has 0 aromatic carbocycles. The van der Waals surface area contributed by atoms with Crippen molar-refractivity contribution in [1.82, 2.24) is 10.6 Å².